The van der Waals surface area contributed by atoms with Crippen LogP contribution in [0.2, 0.25) is 0 Å². The van der Waals surface area contributed by atoms with E-state index in [-0.39, 0.29) is 51.2 Å². The summed E-state index contributed by atoms with van der Waals surface area (Å²) in [6.07, 6.45) is 3.40. The Bertz CT molecular complexity index is 1080. The maximum absolute atomic E-state index is 13.0. The molecule has 3 rings (SSSR count). The van der Waals surface area contributed by atoms with Gasteiger partial charge in [-0.2, -0.15) is 0 Å². The van der Waals surface area contributed by atoms with E-state index >= 15 is 0 Å². The summed E-state index contributed by atoms with van der Waals surface area (Å²) < 4.78 is 5.78. The highest BCUT2D eigenvalue weighted by Gasteiger charge is 2.18. The van der Waals surface area contributed by atoms with E-state index < -0.39 is 5.43 Å². The zero-order valence-corrected chi connectivity index (χ0v) is 14.2. The number of aromatic hydroxyl groups is 4. The van der Waals surface area contributed by atoms with E-state index in [9.17, 15) is 25.2 Å². The second-order valence-electron chi connectivity index (χ2n) is 6.32. The highest BCUT2D eigenvalue weighted by molar-refractivity contribution is 5.89. The van der Waals surface area contributed by atoms with Crippen molar-refractivity contribution in [3.05, 3.63) is 52.2 Å². The molecule has 0 atom stereocenters. The van der Waals surface area contributed by atoms with E-state index in [1.165, 1.54) is 24.3 Å². The van der Waals surface area contributed by atoms with Gasteiger partial charge in [0.15, 0.2) is 11.5 Å². The van der Waals surface area contributed by atoms with Crippen LogP contribution in [-0.4, -0.2) is 20.4 Å². The third-order valence-electron chi connectivity index (χ3n) is 3.88. The van der Waals surface area contributed by atoms with Crippen LogP contribution < -0.4 is 5.43 Å². The fourth-order valence-corrected chi connectivity index (χ4v) is 2.62. The molecular weight excluding hydrogens is 336 g/mol. The van der Waals surface area contributed by atoms with Crippen molar-refractivity contribution in [3.8, 4) is 34.3 Å². The minimum absolute atomic E-state index is 0.0109. The molecule has 0 fully saturated rings. The summed E-state index contributed by atoms with van der Waals surface area (Å²) in [6.45, 7) is 3.89. The zero-order chi connectivity index (χ0) is 19.0. The molecule has 26 heavy (non-hydrogen) atoms. The predicted octanol–water partition coefficient (Wildman–Crippen LogP) is 3.95. The summed E-state index contributed by atoms with van der Waals surface area (Å²) in [6, 6.07) is 6.35. The van der Waals surface area contributed by atoms with Gasteiger partial charge in [0.05, 0.1) is 5.56 Å². The molecule has 3 aromatic rings. The lowest BCUT2D eigenvalue weighted by atomic mass is 10.0. The molecule has 4 N–H and O–H groups in total. The molecule has 1 aromatic heterocycles. The topological polar surface area (TPSA) is 111 Å². The zero-order valence-electron chi connectivity index (χ0n) is 14.2. The Morgan fingerprint density at radius 1 is 0.962 bits per heavy atom. The van der Waals surface area contributed by atoms with E-state index in [4.69, 9.17) is 4.42 Å². The summed E-state index contributed by atoms with van der Waals surface area (Å²) in [5, 5.41) is 39.0. The van der Waals surface area contributed by atoms with Gasteiger partial charge in [-0.05, 0) is 24.1 Å². The third-order valence-corrected chi connectivity index (χ3v) is 3.88. The first-order valence-electron chi connectivity index (χ1n) is 8.01. The molecule has 6 heteroatoms. The summed E-state index contributed by atoms with van der Waals surface area (Å²) in [4.78, 5) is 13.0. The van der Waals surface area contributed by atoms with Crippen molar-refractivity contribution >= 4 is 17.0 Å². The smallest absolute Gasteiger partial charge is 0.204 e. The monoisotopic (exact) mass is 354 g/mol. The van der Waals surface area contributed by atoms with Gasteiger partial charge in [0, 0.05) is 17.7 Å². The number of allylic oxidation sites excluding steroid dienone is 1. The minimum Gasteiger partial charge on any atom is -0.508 e. The molecule has 134 valence electrons. The highest BCUT2D eigenvalue weighted by atomic mass is 16.3. The molecule has 6 nitrogen and oxygen atoms in total. The summed E-state index contributed by atoms with van der Waals surface area (Å²) in [7, 11) is 0. The summed E-state index contributed by atoms with van der Waals surface area (Å²) in [5.41, 5.74) is 0.0998. The quantitative estimate of drug-likeness (QED) is 0.530. The number of rotatable bonds is 3. The van der Waals surface area contributed by atoms with Gasteiger partial charge in [-0.3, -0.25) is 4.79 Å². The van der Waals surface area contributed by atoms with Crippen molar-refractivity contribution in [2.24, 2.45) is 5.92 Å². The number of hydrogen-bond acceptors (Lipinski definition) is 6. The molecule has 0 bridgehead atoms. The van der Waals surface area contributed by atoms with Crippen molar-refractivity contribution < 1.29 is 24.8 Å². The number of hydrogen-bond donors (Lipinski definition) is 4. The molecule has 0 radical (unpaired) electrons. The Hall–Kier alpha value is -3.41. The standard InChI is InChI=1S/C20H18O6/c1-10(2)3-5-13-19(25)18-16(24)8-12(21)9-17(18)26-20(13)11-4-6-14(22)15(23)7-11/h3-10,21-24H,1-2H3/b5-3+. The Kier molecular flexibility index (Phi) is 4.34. The van der Waals surface area contributed by atoms with Crippen LogP contribution in [0.1, 0.15) is 19.4 Å². The number of fused-ring (bicyclic) bond motifs is 1. The summed E-state index contributed by atoms with van der Waals surface area (Å²) >= 11 is 0. The molecule has 1 heterocycles. The molecule has 0 spiro atoms. The average Bonchev–Trinajstić information content (AvgIpc) is 2.55. The Labute approximate surface area is 148 Å². The minimum atomic E-state index is -0.469. The van der Waals surface area contributed by atoms with Crippen molar-refractivity contribution in [2.45, 2.75) is 13.8 Å². The maximum Gasteiger partial charge on any atom is 0.204 e. The van der Waals surface area contributed by atoms with Gasteiger partial charge in [0.25, 0.3) is 0 Å². The number of benzene rings is 2. The largest absolute Gasteiger partial charge is 0.508 e. The van der Waals surface area contributed by atoms with Gasteiger partial charge in [-0.15, -0.1) is 0 Å². The van der Waals surface area contributed by atoms with Gasteiger partial charge in [-0.1, -0.05) is 26.0 Å². The molecule has 0 unspecified atom stereocenters. The normalized spacial score (nSPS) is 11.7. The van der Waals surface area contributed by atoms with E-state index in [1.807, 2.05) is 13.8 Å². The lowest BCUT2D eigenvalue weighted by molar-refractivity contribution is 0.404. The van der Waals surface area contributed by atoms with Crippen LogP contribution >= 0.6 is 0 Å². The first kappa shape index (κ1) is 17.4. The van der Waals surface area contributed by atoms with Crippen molar-refractivity contribution in [1.29, 1.82) is 0 Å². The van der Waals surface area contributed by atoms with Gasteiger partial charge >= 0.3 is 0 Å². The van der Waals surface area contributed by atoms with Gasteiger partial charge in [0.2, 0.25) is 5.43 Å². The second kappa shape index (κ2) is 6.48. The molecule has 0 saturated heterocycles. The number of phenols is 4. The third kappa shape index (κ3) is 3.09. The Morgan fingerprint density at radius 3 is 2.35 bits per heavy atom. The van der Waals surface area contributed by atoms with Crippen LogP contribution in [0.4, 0.5) is 0 Å². The van der Waals surface area contributed by atoms with E-state index in [0.29, 0.717) is 5.56 Å². The van der Waals surface area contributed by atoms with Crippen LogP contribution in [0, 0.1) is 5.92 Å². The fraction of sp³-hybridized carbons (Fsp3) is 0.150. The lowest BCUT2D eigenvalue weighted by Crippen LogP contribution is -2.08. The summed E-state index contributed by atoms with van der Waals surface area (Å²) in [5.74, 6) is -0.968. The number of phenolic OH excluding ortho intramolecular Hbond substituents is 4. The maximum atomic E-state index is 13.0. The van der Waals surface area contributed by atoms with Crippen molar-refractivity contribution in [1.82, 2.24) is 0 Å². The molecule has 0 aliphatic rings. The van der Waals surface area contributed by atoms with E-state index in [2.05, 4.69) is 0 Å². The van der Waals surface area contributed by atoms with Crippen molar-refractivity contribution in [3.63, 3.8) is 0 Å². The van der Waals surface area contributed by atoms with Crippen molar-refractivity contribution in [2.75, 3.05) is 0 Å². The first-order chi connectivity index (χ1) is 12.3. The highest BCUT2D eigenvalue weighted by Crippen LogP contribution is 2.36. The molecule has 0 amide bonds. The molecule has 0 aliphatic carbocycles. The average molecular weight is 354 g/mol. The van der Waals surface area contributed by atoms with Crippen LogP contribution in [0.5, 0.6) is 23.0 Å². The molecular formula is C20H18O6. The van der Waals surface area contributed by atoms with Gasteiger partial charge < -0.3 is 24.8 Å². The first-order valence-corrected chi connectivity index (χ1v) is 8.01. The second-order valence-corrected chi connectivity index (χ2v) is 6.32. The van der Waals surface area contributed by atoms with E-state index in [1.54, 1.807) is 12.2 Å². The van der Waals surface area contributed by atoms with E-state index in [0.717, 1.165) is 6.07 Å². The molecule has 2 aromatic carbocycles. The van der Waals surface area contributed by atoms with Crippen LogP contribution in [0.25, 0.3) is 28.4 Å². The Balaban J connectivity index is 2.40. The molecule has 0 saturated carbocycles. The lowest BCUT2D eigenvalue weighted by Gasteiger charge is -2.10. The predicted molar refractivity (Wildman–Crippen MR) is 98.5 cm³/mol. The van der Waals surface area contributed by atoms with Crippen LogP contribution in [0.3, 0.4) is 0 Å². The van der Waals surface area contributed by atoms with Crippen LogP contribution in [-0.2, 0) is 0 Å². The molecule has 0 aliphatic heterocycles. The Morgan fingerprint density at radius 2 is 1.69 bits per heavy atom. The van der Waals surface area contributed by atoms with Crippen LogP contribution in [0.15, 0.2) is 45.6 Å². The fourth-order valence-electron chi connectivity index (χ4n) is 2.62. The van der Waals surface area contributed by atoms with Gasteiger partial charge in [0.1, 0.15) is 28.2 Å². The SMILES string of the molecule is CC(C)/C=C/c1c(-c2ccc(O)c(O)c2)oc2cc(O)cc(O)c2c1=O. The van der Waals surface area contributed by atoms with Gasteiger partial charge in [-0.25, -0.2) is 0 Å².